The Kier molecular flexibility index (Phi) is 6.01. The van der Waals surface area contributed by atoms with Gasteiger partial charge in [0.25, 0.3) is 5.56 Å². The number of sulfonamides is 1. The van der Waals surface area contributed by atoms with E-state index in [-0.39, 0.29) is 15.9 Å². The molecule has 1 aromatic heterocycles. The van der Waals surface area contributed by atoms with Crippen LogP contribution in [-0.4, -0.2) is 24.3 Å². The number of thioether (sulfide) groups is 1. The van der Waals surface area contributed by atoms with Crippen LogP contribution in [0.15, 0.2) is 75.5 Å². The van der Waals surface area contributed by atoms with Gasteiger partial charge in [-0.1, -0.05) is 42.1 Å². The number of nitrogens with one attached hydrogen (secondary N) is 2. The number of nitrogens with zero attached hydrogens (tertiary/aromatic N) is 1. The van der Waals surface area contributed by atoms with Crippen LogP contribution in [0, 0.1) is 0 Å². The Hall–Kier alpha value is -3.15. The number of carbonyl (C=O) groups excluding carboxylic acids is 1. The summed E-state index contributed by atoms with van der Waals surface area (Å²) in [6, 6.07) is 15.5. The molecule has 3 aromatic rings. The Morgan fingerprint density at radius 1 is 1.10 bits per heavy atom. The molecule has 11 heteroatoms. The molecule has 3 rings (SSSR count). The molecule has 0 radical (unpaired) electrons. The molecule has 0 saturated carbocycles. The van der Waals surface area contributed by atoms with E-state index in [9.17, 15) is 18.0 Å². The zero-order valence-electron chi connectivity index (χ0n) is 14.9. The van der Waals surface area contributed by atoms with E-state index in [1.807, 2.05) is 6.07 Å². The highest BCUT2D eigenvalue weighted by atomic mass is 32.2. The first-order valence-corrected chi connectivity index (χ1v) is 10.7. The number of aromatic nitrogens is 2. The molecule has 0 aliphatic heterocycles. The van der Waals surface area contributed by atoms with Gasteiger partial charge < -0.3 is 16.0 Å². The first kappa shape index (κ1) is 20.6. The van der Waals surface area contributed by atoms with Crippen molar-refractivity contribution in [3.63, 3.8) is 0 Å². The largest absolute Gasteiger partial charge is 0.383 e. The summed E-state index contributed by atoms with van der Waals surface area (Å²) in [6.07, 6.45) is 0. The molecule has 0 unspecified atom stereocenters. The van der Waals surface area contributed by atoms with Crippen molar-refractivity contribution in [1.29, 1.82) is 0 Å². The van der Waals surface area contributed by atoms with E-state index < -0.39 is 26.7 Å². The van der Waals surface area contributed by atoms with Gasteiger partial charge in [0.1, 0.15) is 11.1 Å². The van der Waals surface area contributed by atoms with Gasteiger partial charge in [0.2, 0.25) is 15.9 Å². The molecule has 1 heterocycles. The zero-order valence-corrected chi connectivity index (χ0v) is 16.5. The van der Waals surface area contributed by atoms with Crippen LogP contribution in [0.4, 0.5) is 11.5 Å². The molecule has 0 aliphatic carbocycles. The average Bonchev–Trinajstić information content (AvgIpc) is 2.65. The third kappa shape index (κ3) is 5.44. The van der Waals surface area contributed by atoms with Crippen molar-refractivity contribution >= 4 is 39.2 Å². The van der Waals surface area contributed by atoms with Gasteiger partial charge in [0.15, 0.2) is 5.16 Å². The first-order chi connectivity index (χ1) is 13.7. The Bertz CT molecular complexity index is 1180. The fraction of sp³-hybridized carbons (Fsp3) is 0.0556. The smallest absolute Gasteiger partial charge is 0.253 e. The highest BCUT2D eigenvalue weighted by Crippen LogP contribution is 2.34. The van der Waals surface area contributed by atoms with Crippen LogP contribution in [0.3, 0.4) is 0 Å². The first-order valence-electron chi connectivity index (χ1n) is 8.24. The van der Waals surface area contributed by atoms with Crippen LogP contribution in [0.1, 0.15) is 10.8 Å². The zero-order chi connectivity index (χ0) is 21.0. The molecule has 29 heavy (non-hydrogen) atoms. The Balaban J connectivity index is 1.87. The molecule has 9 nitrogen and oxygen atoms in total. The van der Waals surface area contributed by atoms with E-state index in [0.29, 0.717) is 11.3 Å². The lowest BCUT2D eigenvalue weighted by molar-refractivity contribution is -0.115. The maximum atomic E-state index is 12.9. The molecule has 0 aliphatic rings. The second kappa shape index (κ2) is 8.47. The van der Waals surface area contributed by atoms with Gasteiger partial charge in [0, 0.05) is 11.8 Å². The lowest BCUT2D eigenvalue weighted by atomic mass is 10.1. The monoisotopic (exact) mass is 431 g/mol. The number of hydrogen-bond donors (Lipinski definition) is 4. The van der Waals surface area contributed by atoms with E-state index in [0.717, 1.165) is 17.8 Å². The SMILES string of the molecule is Nc1cc(=O)[nH]c(S[C@H](C(=O)Nc2ccc(S(N)(=O)=O)cc2)c2ccccc2)n1. The summed E-state index contributed by atoms with van der Waals surface area (Å²) in [4.78, 5) is 31.1. The summed E-state index contributed by atoms with van der Waals surface area (Å²) < 4.78 is 22.7. The van der Waals surface area contributed by atoms with Gasteiger partial charge in [-0.3, -0.25) is 9.59 Å². The van der Waals surface area contributed by atoms with Gasteiger partial charge in [-0.15, -0.1) is 0 Å². The standard InChI is InChI=1S/C18H17N5O4S2/c19-14-10-15(24)23-18(22-14)28-16(11-4-2-1-3-5-11)17(25)21-12-6-8-13(9-7-12)29(20,26)27/h1-10,16H,(H,21,25)(H2,20,26,27)(H3,19,22,23,24)/t16-/m0/s1. The second-order valence-corrected chi connectivity index (χ2v) is 8.60. The number of anilines is 2. The summed E-state index contributed by atoms with van der Waals surface area (Å²) >= 11 is 1.03. The van der Waals surface area contributed by atoms with E-state index in [2.05, 4.69) is 15.3 Å². The third-order valence-corrected chi connectivity index (χ3v) is 5.83. The molecule has 0 bridgehead atoms. The van der Waals surface area contributed by atoms with Crippen LogP contribution in [0.2, 0.25) is 0 Å². The fourth-order valence-electron chi connectivity index (χ4n) is 2.46. The quantitative estimate of drug-likeness (QED) is 0.339. The third-order valence-electron chi connectivity index (χ3n) is 3.76. The molecule has 1 atom stereocenters. The minimum Gasteiger partial charge on any atom is -0.383 e. The highest BCUT2D eigenvalue weighted by Gasteiger charge is 2.23. The van der Waals surface area contributed by atoms with Crippen LogP contribution >= 0.6 is 11.8 Å². The number of benzene rings is 2. The summed E-state index contributed by atoms with van der Waals surface area (Å²) in [5, 5.41) is 7.25. The Labute approximate surface area is 170 Å². The van der Waals surface area contributed by atoms with Crippen LogP contribution in [0.5, 0.6) is 0 Å². The number of nitrogens with two attached hydrogens (primary N) is 2. The van der Waals surface area contributed by atoms with E-state index >= 15 is 0 Å². The normalized spacial score (nSPS) is 12.3. The lowest BCUT2D eigenvalue weighted by Gasteiger charge is -2.16. The second-order valence-electron chi connectivity index (χ2n) is 5.94. The Morgan fingerprint density at radius 2 is 1.76 bits per heavy atom. The minimum absolute atomic E-state index is 0.0436. The van der Waals surface area contributed by atoms with Crippen molar-refractivity contribution in [2.45, 2.75) is 15.3 Å². The van der Waals surface area contributed by atoms with Crippen molar-refractivity contribution in [3.05, 3.63) is 76.6 Å². The number of hydrogen-bond acceptors (Lipinski definition) is 7. The number of rotatable bonds is 6. The maximum absolute atomic E-state index is 12.9. The van der Waals surface area contributed by atoms with E-state index in [1.165, 1.54) is 24.3 Å². The number of aromatic amines is 1. The predicted molar refractivity (Wildman–Crippen MR) is 111 cm³/mol. The lowest BCUT2D eigenvalue weighted by Crippen LogP contribution is -2.20. The fourth-order valence-corrected chi connectivity index (χ4v) is 3.97. The van der Waals surface area contributed by atoms with Gasteiger partial charge in [-0.05, 0) is 29.8 Å². The maximum Gasteiger partial charge on any atom is 0.253 e. The van der Waals surface area contributed by atoms with Crippen LogP contribution in [-0.2, 0) is 14.8 Å². The summed E-state index contributed by atoms with van der Waals surface area (Å²) in [5.41, 5.74) is 6.26. The van der Waals surface area contributed by atoms with Crippen LogP contribution < -0.4 is 21.7 Å². The molecular formula is C18H17N5O4S2. The molecule has 0 fully saturated rings. The summed E-state index contributed by atoms with van der Waals surface area (Å²) in [5.74, 6) is -0.350. The summed E-state index contributed by atoms with van der Waals surface area (Å²) in [7, 11) is -3.83. The molecule has 0 saturated heterocycles. The van der Waals surface area contributed by atoms with Crippen LogP contribution in [0.25, 0.3) is 0 Å². The molecule has 150 valence electrons. The predicted octanol–water partition coefficient (Wildman–Crippen LogP) is 1.47. The number of nitrogen functional groups attached to an aromatic ring is 1. The van der Waals surface area contributed by atoms with Crippen molar-refractivity contribution < 1.29 is 13.2 Å². The molecule has 1 amide bonds. The van der Waals surface area contributed by atoms with E-state index in [4.69, 9.17) is 10.9 Å². The summed E-state index contributed by atoms with van der Waals surface area (Å²) in [6.45, 7) is 0. The number of carbonyl (C=O) groups is 1. The number of primary sulfonamides is 1. The van der Waals surface area contributed by atoms with Crippen molar-refractivity contribution in [2.24, 2.45) is 5.14 Å². The number of H-pyrrole nitrogens is 1. The topological polar surface area (TPSA) is 161 Å². The van der Waals surface area contributed by atoms with Gasteiger partial charge in [0.05, 0.1) is 4.90 Å². The molecule has 2 aromatic carbocycles. The van der Waals surface area contributed by atoms with Gasteiger partial charge in [-0.2, -0.15) is 0 Å². The Morgan fingerprint density at radius 3 is 2.34 bits per heavy atom. The van der Waals surface area contributed by atoms with E-state index in [1.54, 1.807) is 24.3 Å². The van der Waals surface area contributed by atoms with Gasteiger partial charge >= 0.3 is 0 Å². The molecule has 0 spiro atoms. The van der Waals surface area contributed by atoms with Crippen molar-refractivity contribution in [3.8, 4) is 0 Å². The minimum atomic E-state index is -3.83. The average molecular weight is 431 g/mol. The van der Waals surface area contributed by atoms with Gasteiger partial charge in [-0.25, -0.2) is 18.5 Å². The molecular weight excluding hydrogens is 414 g/mol. The van der Waals surface area contributed by atoms with Crippen molar-refractivity contribution in [2.75, 3.05) is 11.1 Å². The molecule has 6 N–H and O–H groups in total. The number of amides is 1. The van der Waals surface area contributed by atoms with Crippen molar-refractivity contribution in [1.82, 2.24) is 9.97 Å². The highest BCUT2D eigenvalue weighted by molar-refractivity contribution is 8.00.